The van der Waals surface area contributed by atoms with Gasteiger partial charge in [0.2, 0.25) is 5.91 Å². The standard InChI is InChI=1S/C23H20F3N3O/c24-23(25,26)18-10-12-19(13-11-18)28-15-17-7-5-16(6-8-17)9-14-22(30)29-21-4-2-1-3-20(21)27/h1-14,28H,15,27H2,(H,29,30). The zero-order valence-electron chi connectivity index (χ0n) is 15.9. The third kappa shape index (κ3) is 5.88. The Morgan fingerprint density at radius 3 is 2.23 bits per heavy atom. The summed E-state index contributed by atoms with van der Waals surface area (Å²) in [6.07, 6.45) is -1.24. The second-order valence-electron chi connectivity index (χ2n) is 6.58. The highest BCUT2D eigenvalue weighted by atomic mass is 19.4. The van der Waals surface area contributed by atoms with E-state index in [-0.39, 0.29) is 5.91 Å². The van der Waals surface area contributed by atoms with Crippen LogP contribution in [0.3, 0.4) is 0 Å². The number of carbonyl (C=O) groups excluding carboxylic acids is 1. The predicted molar refractivity (Wildman–Crippen MR) is 114 cm³/mol. The zero-order chi connectivity index (χ0) is 21.6. The second-order valence-corrected chi connectivity index (χ2v) is 6.58. The number of benzene rings is 3. The number of hydrogen-bond acceptors (Lipinski definition) is 3. The molecule has 0 radical (unpaired) electrons. The molecule has 1 amide bonds. The Bertz CT molecular complexity index is 1030. The van der Waals surface area contributed by atoms with Gasteiger partial charge in [-0.05, 0) is 53.6 Å². The quantitative estimate of drug-likeness (QED) is 0.368. The topological polar surface area (TPSA) is 67.1 Å². The van der Waals surface area contributed by atoms with Crippen molar-refractivity contribution in [2.24, 2.45) is 0 Å². The molecule has 0 heterocycles. The van der Waals surface area contributed by atoms with Crippen LogP contribution in [0.25, 0.3) is 6.08 Å². The monoisotopic (exact) mass is 411 g/mol. The van der Waals surface area contributed by atoms with E-state index in [1.807, 2.05) is 24.3 Å². The average Bonchev–Trinajstić information content (AvgIpc) is 2.73. The molecule has 0 unspecified atom stereocenters. The van der Waals surface area contributed by atoms with E-state index in [2.05, 4.69) is 10.6 Å². The van der Waals surface area contributed by atoms with Crippen LogP contribution in [-0.2, 0) is 17.5 Å². The number of rotatable bonds is 6. The smallest absolute Gasteiger partial charge is 0.397 e. The fraction of sp³-hybridized carbons (Fsp3) is 0.0870. The van der Waals surface area contributed by atoms with Gasteiger partial charge in [0.25, 0.3) is 0 Å². The molecule has 0 aliphatic rings. The summed E-state index contributed by atoms with van der Waals surface area (Å²) in [5.74, 6) is -0.291. The molecule has 0 saturated heterocycles. The number of anilines is 3. The SMILES string of the molecule is Nc1ccccc1NC(=O)C=Cc1ccc(CNc2ccc(C(F)(F)F)cc2)cc1. The van der Waals surface area contributed by atoms with Crippen molar-refractivity contribution < 1.29 is 18.0 Å². The van der Waals surface area contributed by atoms with E-state index in [9.17, 15) is 18.0 Å². The first-order chi connectivity index (χ1) is 14.3. The van der Waals surface area contributed by atoms with Crippen LogP contribution >= 0.6 is 0 Å². The highest BCUT2D eigenvalue weighted by molar-refractivity contribution is 6.03. The first-order valence-corrected chi connectivity index (χ1v) is 9.15. The van der Waals surface area contributed by atoms with Gasteiger partial charge in [-0.25, -0.2) is 0 Å². The number of halogens is 3. The van der Waals surface area contributed by atoms with Gasteiger partial charge in [-0.2, -0.15) is 13.2 Å². The number of alkyl halides is 3. The van der Waals surface area contributed by atoms with Crippen molar-refractivity contribution in [2.75, 3.05) is 16.4 Å². The molecule has 7 heteroatoms. The summed E-state index contributed by atoms with van der Waals surface area (Å²) < 4.78 is 37.8. The van der Waals surface area contributed by atoms with Gasteiger partial charge in [0.1, 0.15) is 0 Å². The van der Waals surface area contributed by atoms with Gasteiger partial charge < -0.3 is 16.4 Å². The van der Waals surface area contributed by atoms with Crippen molar-refractivity contribution in [1.29, 1.82) is 0 Å². The highest BCUT2D eigenvalue weighted by Crippen LogP contribution is 2.29. The lowest BCUT2D eigenvalue weighted by Gasteiger charge is -2.10. The Labute approximate surface area is 172 Å². The van der Waals surface area contributed by atoms with Crippen LogP contribution in [0, 0.1) is 0 Å². The van der Waals surface area contributed by atoms with E-state index in [0.29, 0.717) is 23.6 Å². The summed E-state index contributed by atoms with van der Waals surface area (Å²) in [5, 5.41) is 5.79. The fourth-order valence-corrected chi connectivity index (χ4v) is 2.68. The van der Waals surface area contributed by atoms with E-state index < -0.39 is 11.7 Å². The van der Waals surface area contributed by atoms with Crippen molar-refractivity contribution in [1.82, 2.24) is 0 Å². The summed E-state index contributed by atoms with van der Waals surface area (Å²) in [6, 6.07) is 19.4. The van der Waals surface area contributed by atoms with Crippen LogP contribution < -0.4 is 16.4 Å². The number of nitrogens with one attached hydrogen (secondary N) is 2. The molecule has 0 aliphatic heterocycles. The molecule has 0 aliphatic carbocycles. The van der Waals surface area contributed by atoms with Crippen molar-refractivity contribution >= 4 is 29.0 Å². The molecule has 4 N–H and O–H groups in total. The lowest BCUT2D eigenvalue weighted by Crippen LogP contribution is -2.09. The average molecular weight is 411 g/mol. The number of amides is 1. The van der Waals surface area contributed by atoms with Crippen molar-refractivity contribution in [2.45, 2.75) is 12.7 Å². The van der Waals surface area contributed by atoms with Gasteiger partial charge in [0.05, 0.1) is 16.9 Å². The number of para-hydroxylation sites is 2. The first-order valence-electron chi connectivity index (χ1n) is 9.15. The molecule has 30 heavy (non-hydrogen) atoms. The molecular formula is C23H20F3N3O. The third-order valence-electron chi connectivity index (χ3n) is 4.33. The first kappa shape index (κ1) is 21.0. The summed E-state index contributed by atoms with van der Waals surface area (Å²) >= 11 is 0. The largest absolute Gasteiger partial charge is 0.416 e. The van der Waals surface area contributed by atoms with Crippen molar-refractivity contribution in [3.63, 3.8) is 0 Å². The Morgan fingerprint density at radius 2 is 1.60 bits per heavy atom. The van der Waals surface area contributed by atoms with E-state index in [1.54, 1.807) is 30.3 Å². The highest BCUT2D eigenvalue weighted by Gasteiger charge is 2.29. The van der Waals surface area contributed by atoms with Crippen LogP contribution in [0.1, 0.15) is 16.7 Å². The van der Waals surface area contributed by atoms with Gasteiger partial charge in [-0.1, -0.05) is 36.4 Å². The summed E-state index contributed by atoms with van der Waals surface area (Å²) in [5.41, 5.74) is 8.55. The van der Waals surface area contributed by atoms with Crippen molar-refractivity contribution in [3.05, 3.63) is 95.6 Å². The Kier molecular flexibility index (Phi) is 6.41. The van der Waals surface area contributed by atoms with E-state index >= 15 is 0 Å². The normalized spacial score (nSPS) is 11.4. The fourth-order valence-electron chi connectivity index (χ4n) is 2.68. The molecule has 4 nitrogen and oxygen atoms in total. The molecule has 0 bridgehead atoms. The molecule has 0 aromatic heterocycles. The molecule has 0 saturated carbocycles. The number of nitrogens with two attached hydrogens (primary N) is 1. The van der Waals surface area contributed by atoms with Gasteiger partial charge >= 0.3 is 6.18 Å². The number of carbonyl (C=O) groups is 1. The maximum atomic E-state index is 12.6. The minimum Gasteiger partial charge on any atom is -0.397 e. The molecular weight excluding hydrogens is 391 g/mol. The van der Waals surface area contributed by atoms with Gasteiger partial charge in [-0.3, -0.25) is 4.79 Å². The second kappa shape index (κ2) is 9.17. The van der Waals surface area contributed by atoms with Gasteiger partial charge in [0.15, 0.2) is 0 Å². The Balaban J connectivity index is 1.52. The minimum absolute atomic E-state index is 0.291. The summed E-state index contributed by atoms with van der Waals surface area (Å²) in [7, 11) is 0. The van der Waals surface area contributed by atoms with Crippen LogP contribution in [0.4, 0.5) is 30.2 Å². The lowest BCUT2D eigenvalue weighted by molar-refractivity contribution is -0.137. The molecule has 3 aromatic carbocycles. The number of hydrogen-bond donors (Lipinski definition) is 3. The summed E-state index contributed by atoms with van der Waals surface area (Å²) in [4.78, 5) is 12.0. The molecule has 154 valence electrons. The van der Waals surface area contributed by atoms with E-state index in [4.69, 9.17) is 5.73 Å². The van der Waals surface area contributed by atoms with E-state index in [1.165, 1.54) is 18.2 Å². The molecule has 0 fully saturated rings. The third-order valence-corrected chi connectivity index (χ3v) is 4.33. The van der Waals surface area contributed by atoms with Gasteiger partial charge in [-0.15, -0.1) is 0 Å². The van der Waals surface area contributed by atoms with E-state index in [0.717, 1.165) is 23.3 Å². The Hall–Kier alpha value is -3.74. The van der Waals surface area contributed by atoms with Crippen LogP contribution in [-0.4, -0.2) is 5.91 Å². The van der Waals surface area contributed by atoms with Crippen LogP contribution in [0.2, 0.25) is 0 Å². The summed E-state index contributed by atoms with van der Waals surface area (Å²) in [6.45, 7) is 0.461. The molecule has 0 spiro atoms. The minimum atomic E-state index is -4.34. The van der Waals surface area contributed by atoms with Crippen LogP contribution in [0.15, 0.2) is 78.9 Å². The molecule has 3 aromatic rings. The maximum absolute atomic E-state index is 12.6. The van der Waals surface area contributed by atoms with Gasteiger partial charge in [0, 0.05) is 18.3 Å². The number of nitrogen functional groups attached to an aromatic ring is 1. The molecule has 3 rings (SSSR count). The molecule has 0 atom stereocenters. The zero-order valence-corrected chi connectivity index (χ0v) is 15.9. The van der Waals surface area contributed by atoms with Crippen molar-refractivity contribution in [3.8, 4) is 0 Å². The predicted octanol–water partition coefficient (Wildman–Crippen LogP) is 5.55. The maximum Gasteiger partial charge on any atom is 0.416 e. The Morgan fingerprint density at radius 1 is 0.933 bits per heavy atom. The van der Waals surface area contributed by atoms with Crippen LogP contribution in [0.5, 0.6) is 0 Å². The lowest BCUT2D eigenvalue weighted by atomic mass is 10.1.